The third-order valence-electron chi connectivity index (χ3n) is 2.32. The van der Waals surface area contributed by atoms with Crippen LogP contribution in [0.5, 0.6) is 0 Å². The smallest absolute Gasteiger partial charge is 0.312 e. The van der Waals surface area contributed by atoms with Gasteiger partial charge in [0.05, 0.1) is 12.5 Å². The fraction of sp³-hybridized carbons (Fsp3) is 0.875. The SMILES string of the molecule is COC(=O)C1(CBr)CCOCC1. The summed E-state index contributed by atoms with van der Waals surface area (Å²) < 4.78 is 9.95. The van der Waals surface area contributed by atoms with Crippen molar-refractivity contribution in [2.45, 2.75) is 12.8 Å². The molecule has 1 aliphatic rings. The standard InChI is InChI=1S/C8H13BrO3/c1-11-7(10)8(6-9)2-4-12-5-3-8/h2-6H2,1H3. The van der Waals surface area contributed by atoms with Crippen molar-refractivity contribution in [2.24, 2.45) is 5.41 Å². The second kappa shape index (κ2) is 4.23. The van der Waals surface area contributed by atoms with Gasteiger partial charge < -0.3 is 9.47 Å². The third-order valence-corrected chi connectivity index (χ3v) is 3.40. The summed E-state index contributed by atoms with van der Waals surface area (Å²) in [4.78, 5) is 11.4. The van der Waals surface area contributed by atoms with Gasteiger partial charge in [0.1, 0.15) is 0 Å². The first-order chi connectivity index (χ1) is 5.75. The van der Waals surface area contributed by atoms with Gasteiger partial charge in [-0.2, -0.15) is 0 Å². The summed E-state index contributed by atoms with van der Waals surface area (Å²) in [5, 5.41) is 0.663. The van der Waals surface area contributed by atoms with Crippen molar-refractivity contribution in [2.75, 3.05) is 25.7 Å². The zero-order chi connectivity index (χ0) is 9.03. The Labute approximate surface area is 80.5 Å². The Hall–Kier alpha value is -0.0900. The predicted molar refractivity (Wildman–Crippen MR) is 48.3 cm³/mol. The molecule has 0 aliphatic carbocycles. The van der Waals surface area contributed by atoms with Crippen molar-refractivity contribution in [3.63, 3.8) is 0 Å². The molecule has 0 radical (unpaired) electrons. The van der Waals surface area contributed by atoms with E-state index in [-0.39, 0.29) is 11.4 Å². The molecule has 0 atom stereocenters. The monoisotopic (exact) mass is 236 g/mol. The molecular weight excluding hydrogens is 224 g/mol. The summed E-state index contributed by atoms with van der Waals surface area (Å²) >= 11 is 3.35. The molecule has 70 valence electrons. The van der Waals surface area contributed by atoms with Gasteiger partial charge in [0, 0.05) is 18.5 Å². The van der Waals surface area contributed by atoms with E-state index in [1.807, 2.05) is 0 Å². The Morgan fingerprint density at radius 1 is 1.58 bits per heavy atom. The van der Waals surface area contributed by atoms with E-state index in [0.717, 1.165) is 12.8 Å². The van der Waals surface area contributed by atoms with Crippen LogP contribution in [0.3, 0.4) is 0 Å². The molecule has 0 N–H and O–H groups in total. The topological polar surface area (TPSA) is 35.5 Å². The van der Waals surface area contributed by atoms with E-state index < -0.39 is 0 Å². The summed E-state index contributed by atoms with van der Waals surface area (Å²) in [6.07, 6.45) is 1.51. The van der Waals surface area contributed by atoms with Gasteiger partial charge in [-0.1, -0.05) is 15.9 Å². The predicted octanol–water partition coefficient (Wildman–Crippen LogP) is 1.35. The minimum Gasteiger partial charge on any atom is -0.469 e. The van der Waals surface area contributed by atoms with Gasteiger partial charge in [0.2, 0.25) is 0 Å². The van der Waals surface area contributed by atoms with Gasteiger partial charge in [0.15, 0.2) is 0 Å². The Balaban J connectivity index is 2.66. The van der Waals surface area contributed by atoms with Crippen LogP contribution in [0.1, 0.15) is 12.8 Å². The zero-order valence-electron chi connectivity index (χ0n) is 7.14. The Kier molecular flexibility index (Phi) is 3.53. The molecule has 1 aliphatic heterocycles. The van der Waals surface area contributed by atoms with Crippen LogP contribution in [0.25, 0.3) is 0 Å². The van der Waals surface area contributed by atoms with Crippen molar-refractivity contribution in [3.8, 4) is 0 Å². The lowest BCUT2D eigenvalue weighted by Crippen LogP contribution is -2.39. The van der Waals surface area contributed by atoms with Crippen molar-refractivity contribution in [1.82, 2.24) is 0 Å². The molecule has 12 heavy (non-hydrogen) atoms. The molecule has 0 aromatic carbocycles. The number of rotatable bonds is 2. The minimum atomic E-state index is -0.340. The van der Waals surface area contributed by atoms with Gasteiger partial charge in [-0.3, -0.25) is 4.79 Å². The number of carbonyl (C=O) groups is 1. The number of hydrogen-bond donors (Lipinski definition) is 0. The van der Waals surface area contributed by atoms with Gasteiger partial charge in [-0.05, 0) is 12.8 Å². The molecule has 1 saturated heterocycles. The van der Waals surface area contributed by atoms with Crippen LogP contribution in [-0.2, 0) is 14.3 Å². The van der Waals surface area contributed by atoms with Gasteiger partial charge in [0.25, 0.3) is 0 Å². The molecule has 0 saturated carbocycles. The fourth-order valence-electron chi connectivity index (χ4n) is 1.37. The second-order valence-electron chi connectivity index (χ2n) is 3.02. The van der Waals surface area contributed by atoms with Crippen molar-refractivity contribution < 1.29 is 14.3 Å². The second-order valence-corrected chi connectivity index (χ2v) is 3.58. The van der Waals surface area contributed by atoms with Crippen LogP contribution in [0.4, 0.5) is 0 Å². The van der Waals surface area contributed by atoms with Crippen LogP contribution in [0.15, 0.2) is 0 Å². The highest BCUT2D eigenvalue weighted by atomic mass is 79.9. The number of alkyl halides is 1. The maximum absolute atomic E-state index is 11.4. The minimum absolute atomic E-state index is 0.123. The first kappa shape index (κ1) is 9.99. The van der Waals surface area contributed by atoms with Crippen LogP contribution in [-0.4, -0.2) is 31.6 Å². The van der Waals surface area contributed by atoms with Crippen LogP contribution in [0.2, 0.25) is 0 Å². The lowest BCUT2D eigenvalue weighted by Gasteiger charge is -2.32. The fourth-order valence-corrected chi connectivity index (χ4v) is 2.16. The molecule has 0 aromatic rings. The molecule has 0 unspecified atom stereocenters. The molecule has 3 nitrogen and oxygen atoms in total. The highest BCUT2D eigenvalue weighted by molar-refractivity contribution is 9.09. The maximum Gasteiger partial charge on any atom is 0.312 e. The molecule has 0 spiro atoms. The lowest BCUT2D eigenvalue weighted by molar-refractivity contribution is -0.156. The average molecular weight is 237 g/mol. The Bertz CT molecular complexity index is 164. The van der Waals surface area contributed by atoms with Crippen LogP contribution < -0.4 is 0 Å². The largest absolute Gasteiger partial charge is 0.469 e. The van der Waals surface area contributed by atoms with Gasteiger partial charge in [-0.25, -0.2) is 0 Å². The van der Waals surface area contributed by atoms with E-state index in [4.69, 9.17) is 9.47 Å². The first-order valence-electron chi connectivity index (χ1n) is 3.97. The molecule has 1 heterocycles. The summed E-state index contributed by atoms with van der Waals surface area (Å²) in [6, 6.07) is 0. The highest BCUT2D eigenvalue weighted by Gasteiger charge is 2.39. The zero-order valence-corrected chi connectivity index (χ0v) is 8.72. The normalized spacial score (nSPS) is 21.8. The Morgan fingerprint density at radius 3 is 2.58 bits per heavy atom. The summed E-state index contributed by atoms with van der Waals surface area (Å²) in [7, 11) is 1.43. The molecule has 0 amide bonds. The molecule has 0 bridgehead atoms. The third kappa shape index (κ3) is 1.80. The number of halogens is 1. The first-order valence-corrected chi connectivity index (χ1v) is 5.09. The molecule has 0 aromatic heterocycles. The summed E-state index contributed by atoms with van der Waals surface area (Å²) in [6.45, 7) is 1.31. The number of esters is 1. The van der Waals surface area contributed by atoms with E-state index in [1.54, 1.807) is 0 Å². The van der Waals surface area contributed by atoms with Crippen molar-refractivity contribution >= 4 is 21.9 Å². The maximum atomic E-state index is 11.4. The number of hydrogen-bond acceptors (Lipinski definition) is 3. The summed E-state index contributed by atoms with van der Waals surface area (Å²) in [5.41, 5.74) is -0.340. The Morgan fingerprint density at radius 2 is 2.17 bits per heavy atom. The van der Waals surface area contributed by atoms with Crippen molar-refractivity contribution in [3.05, 3.63) is 0 Å². The van der Waals surface area contributed by atoms with Gasteiger partial charge in [-0.15, -0.1) is 0 Å². The summed E-state index contributed by atoms with van der Waals surface area (Å²) in [5.74, 6) is -0.123. The molecule has 1 rings (SSSR count). The lowest BCUT2D eigenvalue weighted by atomic mass is 9.82. The van der Waals surface area contributed by atoms with Crippen LogP contribution >= 0.6 is 15.9 Å². The number of methoxy groups -OCH3 is 1. The average Bonchev–Trinajstić information content (AvgIpc) is 2.17. The van der Waals surface area contributed by atoms with E-state index in [0.29, 0.717) is 18.5 Å². The van der Waals surface area contributed by atoms with Crippen LogP contribution in [0, 0.1) is 5.41 Å². The van der Waals surface area contributed by atoms with E-state index >= 15 is 0 Å². The molecule has 4 heteroatoms. The molecular formula is C8H13BrO3. The number of ether oxygens (including phenoxy) is 2. The molecule has 1 fully saturated rings. The van der Waals surface area contributed by atoms with Gasteiger partial charge >= 0.3 is 5.97 Å². The number of carbonyl (C=O) groups excluding carboxylic acids is 1. The highest BCUT2D eigenvalue weighted by Crippen LogP contribution is 2.33. The van der Waals surface area contributed by atoms with E-state index in [2.05, 4.69) is 15.9 Å². The van der Waals surface area contributed by atoms with E-state index in [9.17, 15) is 4.79 Å². The van der Waals surface area contributed by atoms with Crippen molar-refractivity contribution in [1.29, 1.82) is 0 Å². The van der Waals surface area contributed by atoms with E-state index in [1.165, 1.54) is 7.11 Å². The quantitative estimate of drug-likeness (QED) is 0.537.